The SMILES string of the molecule is Cc1ccc(CN2CCC3(CC2)C[C@@H]3C(=O)NCCc2nc3ccccc3n2C)o1. The summed E-state index contributed by atoms with van der Waals surface area (Å²) in [6.07, 6.45) is 4.01. The number of para-hydroxylation sites is 2. The standard InChI is InChI=1S/C24H30N4O2/c1-17-7-8-18(30-17)16-28-13-10-24(11-14-28)15-19(24)23(29)25-12-9-22-26-20-5-3-4-6-21(20)27(22)2/h3-8,19H,9-16H2,1-2H3,(H,25,29)/t19-/m1/s1. The summed E-state index contributed by atoms with van der Waals surface area (Å²) in [5.41, 5.74) is 2.38. The molecule has 30 heavy (non-hydrogen) atoms. The molecule has 0 bridgehead atoms. The fraction of sp³-hybridized carbons (Fsp3) is 0.500. The summed E-state index contributed by atoms with van der Waals surface area (Å²) in [4.78, 5) is 19.9. The van der Waals surface area contributed by atoms with Gasteiger partial charge in [-0.25, -0.2) is 4.98 Å². The second-order valence-electron chi connectivity index (χ2n) is 9.02. The molecule has 6 nitrogen and oxygen atoms in total. The van der Waals surface area contributed by atoms with Gasteiger partial charge in [0.2, 0.25) is 5.91 Å². The van der Waals surface area contributed by atoms with E-state index in [1.165, 1.54) is 0 Å². The van der Waals surface area contributed by atoms with Crippen molar-refractivity contribution in [2.24, 2.45) is 18.4 Å². The first-order valence-corrected chi connectivity index (χ1v) is 11.0. The highest BCUT2D eigenvalue weighted by Crippen LogP contribution is 2.59. The van der Waals surface area contributed by atoms with Crippen molar-refractivity contribution in [1.29, 1.82) is 0 Å². The van der Waals surface area contributed by atoms with Crippen molar-refractivity contribution in [2.45, 2.75) is 39.2 Å². The number of aromatic nitrogens is 2. The highest BCUT2D eigenvalue weighted by atomic mass is 16.3. The van der Waals surface area contributed by atoms with E-state index in [0.717, 1.165) is 73.7 Å². The topological polar surface area (TPSA) is 63.3 Å². The molecular weight excluding hydrogens is 376 g/mol. The lowest BCUT2D eigenvalue weighted by Crippen LogP contribution is -2.37. The van der Waals surface area contributed by atoms with Crippen molar-refractivity contribution < 1.29 is 9.21 Å². The van der Waals surface area contributed by atoms with Crippen LogP contribution in [0, 0.1) is 18.3 Å². The van der Waals surface area contributed by atoms with Crippen molar-refractivity contribution in [1.82, 2.24) is 19.8 Å². The number of imidazole rings is 1. The predicted octanol–water partition coefficient (Wildman–Crippen LogP) is 3.44. The maximum atomic E-state index is 12.7. The summed E-state index contributed by atoms with van der Waals surface area (Å²) in [6.45, 7) is 5.59. The van der Waals surface area contributed by atoms with Gasteiger partial charge in [0.05, 0.1) is 17.6 Å². The van der Waals surface area contributed by atoms with E-state index in [9.17, 15) is 4.79 Å². The van der Waals surface area contributed by atoms with Crippen LogP contribution >= 0.6 is 0 Å². The first-order valence-electron chi connectivity index (χ1n) is 11.0. The third-order valence-corrected chi connectivity index (χ3v) is 7.06. The van der Waals surface area contributed by atoms with Gasteiger partial charge in [-0.2, -0.15) is 0 Å². The van der Waals surface area contributed by atoms with Gasteiger partial charge in [0.25, 0.3) is 0 Å². The number of hydrogen-bond donors (Lipinski definition) is 1. The molecule has 0 unspecified atom stereocenters. The molecule has 2 aromatic heterocycles. The predicted molar refractivity (Wildman–Crippen MR) is 116 cm³/mol. The summed E-state index contributed by atoms with van der Waals surface area (Å²) < 4.78 is 7.83. The van der Waals surface area contributed by atoms with Crippen LogP contribution in [0.4, 0.5) is 0 Å². The summed E-state index contributed by atoms with van der Waals surface area (Å²) in [7, 11) is 2.04. The largest absolute Gasteiger partial charge is 0.465 e. The van der Waals surface area contributed by atoms with E-state index >= 15 is 0 Å². The van der Waals surface area contributed by atoms with Crippen molar-refractivity contribution >= 4 is 16.9 Å². The Kier molecular flexibility index (Phi) is 4.89. The van der Waals surface area contributed by atoms with Crippen LogP contribution in [0.2, 0.25) is 0 Å². The number of amides is 1. The average molecular weight is 407 g/mol. The number of carbonyl (C=O) groups excluding carboxylic acids is 1. The smallest absolute Gasteiger partial charge is 0.223 e. The molecule has 158 valence electrons. The maximum Gasteiger partial charge on any atom is 0.223 e. The zero-order valence-electron chi connectivity index (χ0n) is 17.9. The number of carbonyl (C=O) groups is 1. The zero-order valence-corrected chi connectivity index (χ0v) is 17.9. The Bertz CT molecular complexity index is 1060. The normalized spacial score (nSPS) is 20.7. The molecular formula is C24H30N4O2. The van der Waals surface area contributed by atoms with Crippen LogP contribution in [0.15, 0.2) is 40.8 Å². The number of hydrogen-bond acceptors (Lipinski definition) is 4. The molecule has 1 saturated carbocycles. The second kappa shape index (κ2) is 7.58. The summed E-state index contributed by atoms with van der Waals surface area (Å²) in [6, 6.07) is 12.2. The van der Waals surface area contributed by atoms with Gasteiger partial charge in [-0.3, -0.25) is 9.69 Å². The molecule has 3 aromatic rings. The summed E-state index contributed by atoms with van der Waals surface area (Å²) >= 11 is 0. The van der Waals surface area contributed by atoms with Crippen molar-refractivity contribution in [2.75, 3.05) is 19.6 Å². The number of rotatable bonds is 6. The molecule has 2 aliphatic rings. The van der Waals surface area contributed by atoms with E-state index < -0.39 is 0 Å². The van der Waals surface area contributed by atoms with Crippen LogP contribution in [0.25, 0.3) is 11.0 Å². The van der Waals surface area contributed by atoms with Crippen molar-refractivity contribution in [3.63, 3.8) is 0 Å². The van der Waals surface area contributed by atoms with E-state index in [1.807, 2.05) is 38.2 Å². The van der Waals surface area contributed by atoms with Crippen LogP contribution in [0.3, 0.4) is 0 Å². The monoisotopic (exact) mass is 406 g/mol. The Hall–Kier alpha value is -2.60. The molecule has 5 rings (SSSR count). The molecule has 3 heterocycles. The molecule has 1 N–H and O–H groups in total. The van der Waals surface area contributed by atoms with Gasteiger partial charge in [-0.1, -0.05) is 12.1 Å². The number of fused-ring (bicyclic) bond motifs is 1. The Morgan fingerprint density at radius 2 is 2.03 bits per heavy atom. The van der Waals surface area contributed by atoms with Crippen LogP contribution in [-0.4, -0.2) is 40.0 Å². The average Bonchev–Trinajstić information content (AvgIpc) is 3.14. The fourth-order valence-corrected chi connectivity index (χ4v) is 5.06. The lowest BCUT2D eigenvalue weighted by atomic mass is 9.90. The van der Waals surface area contributed by atoms with E-state index in [4.69, 9.17) is 9.40 Å². The van der Waals surface area contributed by atoms with E-state index in [-0.39, 0.29) is 17.2 Å². The molecule has 6 heteroatoms. The van der Waals surface area contributed by atoms with Gasteiger partial charge < -0.3 is 14.3 Å². The molecule has 2 fully saturated rings. The number of furan rings is 1. The molecule has 1 amide bonds. The van der Waals surface area contributed by atoms with Crippen LogP contribution < -0.4 is 5.32 Å². The Balaban J connectivity index is 1.09. The molecule has 1 aliphatic heterocycles. The maximum absolute atomic E-state index is 12.7. The molecule has 0 radical (unpaired) electrons. The molecule has 1 spiro atoms. The van der Waals surface area contributed by atoms with Crippen molar-refractivity contribution in [3.05, 3.63) is 53.7 Å². The third kappa shape index (κ3) is 3.65. The van der Waals surface area contributed by atoms with Gasteiger partial charge >= 0.3 is 0 Å². The number of nitrogens with zero attached hydrogens (tertiary/aromatic N) is 3. The van der Waals surface area contributed by atoms with Gasteiger partial charge in [-0.05, 0) is 69.0 Å². The lowest BCUT2D eigenvalue weighted by molar-refractivity contribution is -0.123. The Morgan fingerprint density at radius 3 is 2.77 bits per heavy atom. The molecule has 1 aliphatic carbocycles. The molecule has 1 saturated heterocycles. The molecule has 1 aromatic carbocycles. The van der Waals surface area contributed by atoms with Crippen molar-refractivity contribution in [3.8, 4) is 0 Å². The quantitative estimate of drug-likeness (QED) is 0.681. The number of aryl methyl sites for hydroxylation is 2. The first-order chi connectivity index (χ1) is 14.5. The van der Waals surface area contributed by atoms with Gasteiger partial charge in [-0.15, -0.1) is 0 Å². The number of piperidine rings is 1. The first kappa shape index (κ1) is 19.4. The minimum Gasteiger partial charge on any atom is -0.465 e. The van der Waals surface area contributed by atoms with E-state index in [2.05, 4.69) is 26.9 Å². The third-order valence-electron chi connectivity index (χ3n) is 7.06. The van der Waals surface area contributed by atoms with Gasteiger partial charge in [0.1, 0.15) is 17.3 Å². The zero-order chi connectivity index (χ0) is 20.7. The van der Waals surface area contributed by atoms with E-state index in [0.29, 0.717) is 6.54 Å². The Labute approximate surface area is 177 Å². The highest BCUT2D eigenvalue weighted by Gasteiger charge is 2.58. The minimum atomic E-state index is 0.186. The van der Waals surface area contributed by atoms with Crippen LogP contribution in [0.1, 0.15) is 36.6 Å². The molecule has 1 atom stereocenters. The lowest BCUT2D eigenvalue weighted by Gasteiger charge is -2.32. The van der Waals surface area contributed by atoms with E-state index in [1.54, 1.807) is 0 Å². The van der Waals surface area contributed by atoms with Crippen LogP contribution in [-0.2, 0) is 24.8 Å². The number of nitrogens with one attached hydrogen (secondary N) is 1. The van der Waals surface area contributed by atoms with Gasteiger partial charge in [0.15, 0.2) is 0 Å². The highest BCUT2D eigenvalue weighted by molar-refractivity contribution is 5.82. The van der Waals surface area contributed by atoms with Gasteiger partial charge in [0, 0.05) is 25.9 Å². The summed E-state index contributed by atoms with van der Waals surface area (Å²) in [5, 5.41) is 3.17. The number of benzene rings is 1. The van der Waals surface area contributed by atoms with Crippen LogP contribution in [0.5, 0.6) is 0 Å². The fourth-order valence-electron chi connectivity index (χ4n) is 5.06. The second-order valence-corrected chi connectivity index (χ2v) is 9.02. The Morgan fingerprint density at radius 1 is 1.23 bits per heavy atom. The minimum absolute atomic E-state index is 0.186. The number of likely N-dealkylation sites (tertiary alicyclic amines) is 1. The summed E-state index contributed by atoms with van der Waals surface area (Å²) in [5.74, 6) is 3.44.